The summed E-state index contributed by atoms with van der Waals surface area (Å²) in [5.74, 6) is 0.754. The fourth-order valence-corrected chi connectivity index (χ4v) is 3.40. The number of carbonyl (C=O) groups is 1. The fraction of sp³-hybridized carbons (Fsp3) is 0.353. The average molecular weight is 317 g/mol. The molecule has 3 rings (SSSR count). The number of carbonyl (C=O) groups excluding carboxylic acids is 1. The molecule has 1 aliphatic heterocycles. The van der Waals surface area contributed by atoms with Gasteiger partial charge in [-0.25, -0.2) is 0 Å². The first-order valence-electron chi connectivity index (χ1n) is 7.44. The highest BCUT2D eigenvalue weighted by molar-refractivity contribution is 7.09. The van der Waals surface area contributed by atoms with Crippen LogP contribution >= 0.6 is 11.3 Å². The smallest absolute Gasteiger partial charge is 0.264 e. The quantitative estimate of drug-likeness (QED) is 0.921. The molecule has 5 heteroatoms. The van der Waals surface area contributed by atoms with E-state index in [4.69, 9.17) is 4.74 Å². The molecular formula is C17H19NO3S. The molecule has 22 heavy (non-hydrogen) atoms. The minimum absolute atomic E-state index is 0.0412. The van der Waals surface area contributed by atoms with E-state index in [2.05, 4.69) is 0 Å². The largest absolute Gasteiger partial charge is 0.480 e. The Hall–Kier alpha value is -1.85. The summed E-state index contributed by atoms with van der Waals surface area (Å²) in [6, 6.07) is 11.8. The van der Waals surface area contributed by atoms with Crippen molar-refractivity contribution < 1.29 is 14.6 Å². The standard InChI is InChI=1S/C17H19NO3S/c19-10-9-18(12-14-5-3-11-22-14)17(20)16-8-7-13-4-1-2-6-15(13)21-16/h1-6,11,16,19H,7-10,12H2. The Labute approximate surface area is 134 Å². The summed E-state index contributed by atoms with van der Waals surface area (Å²) < 4.78 is 5.87. The Morgan fingerprint density at radius 2 is 2.18 bits per heavy atom. The second-order valence-corrected chi connectivity index (χ2v) is 6.35. The van der Waals surface area contributed by atoms with E-state index in [1.165, 1.54) is 0 Å². The zero-order valence-corrected chi connectivity index (χ0v) is 13.1. The lowest BCUT2D eigenvalue weighted by Crippen LogP contribution is -2.44. The van der Waals surface area contributed by atoms with Crippen LogP contribution in [-0.2, 0) is 17.8 Å². The molecule has 0 spiro atoms. The number of ether oxygens (including phenoxy) is 1. The summed E-state index contributed by atoms with van der Waals surface area (Å²) >= 11 is 1.61. The van der Waals surface area contributed by atoms with Crippen LogP contribution in [0.15, 0.2) is 41.8 Å². The molecule has 116 valence electrons. The molecular weight excluding hydrogens is 298 g/mol. The van der Waals surface area contributed by atoms with Crippen molar-refractivity contribution in [1.29, 1.82) is 0 Å². The molecule has 1 N–H and O–H groups in total. The third-order valence-electron chi connectivity index (χ3n) is 3.80. The lowest BCUT2D eigenvalue weighted by Gasteiger charge is -2.30. The Bertz CT molecular complexity index is 627. The fourth-order valence-electron chi connectivity index (χ4n) is 2.68. The number of fused-ring (bicyclic) bond motifs is 1. The van der Waals surface area contributed by atoms with Gasteiger partial charge in [0.25, 0.3) is 5.91 Å². The maximum absolute atomic E-state index is 12.7. The molecule has 0 fully saturated rings. The van der Waals surface area contributed by atoms with Crippen LogP contribution in [0.4, 0.5) is 0 Å². The highest BCUT2D eigenvalue weighted by Crippen LogP contribution is 2.28. The molecule has 0 radical (unpaired) electrons. The van der Waals surface area contributed by atoms with Gasteiger partial charge in [-0.15, -0.1) is 11.3 Å². The van der Waals surface area contributed by atoms with Gasteiger partial charge in [-0.3, -0.25) is 4.79 Å². The number of rotatable bonds is 5. The van der Waals surface area contributed by atoms with Gasteiger partial charge in [0.1, 0.15) is 5.75 Å². The van der Waals surface area contributed by atoms with Gasteiger partial charge in [-0.05, 0) is 35.9 Å². The molecule has 0 saturated carbocycles. The minimum atomic E-state index is -0.457. The number of hydrogen-bond donors (Lipinski definition) is 1. The molecule has 1 aromatic heterocycles. The Balaban J connectivity index is 1.71. The van der Waals surface area contributed by atoms with Gasteiger partial charge in [0.05, 0.1) is 13.2 Å². The summed E-state index contributed by atoms with van der Waals surface area (Å²) in [6.45, 7) is 0.817. The second kappa shape index (κ2) is 6.94. The number of nitrogens with zero attached hydrogens (tertiary/aromatic N) is 1. The van der Waals surface area contributed by atoms with E-state index in [9.17, 15) is 9.90 Å². The van der Waals surface area contributed by atoms with Crippen LogP contribution in [0.5, 0.6) is 5.75 Å². The first-order valence-corrected chi connectivity index (χ1v) is 8.32. The number of hydrogen-bond acceptors (Lipinski definition) is 4. The van der Waals surface area contributed by atoms with Crippen LogP contribution < -0.4 is 4.74 Å². The summed E-state index contributed by atoms with van der Waals surface area (Å²) in [7, 11) is 0. The predicted octanol–water partition coefficient (Wildman–Crippen LogP) is 2.46. The third kappa shape index (κ3) is 3.31. The zero-order chi connectivity index (χ0) is 15.4. The van der Waals surface area contributed by atoms with Crippen molar-refractivity contribution in [2.75, 3.05) is 13.2 Å². The number of thiophene rings is 1. The van der Waals surface area contributed by atoms with E-state index in [0.29, 0.717) is 19.5 Å². The van der Waals surface area contributed by atoms with Crippen molar-refractivity contribution in [1.82, 2.24) is 4.90 Å². The van der Waals surface area contributed by atoms with E-state index in [0.717, 1.165) is 22.6 Å². The van der Waals surface area contributed by atoms with Crippen molar-refractivity contribution in [3.8, 4) is 5.75 Å². The molecule has 1 atom stereocenters. The molecule has 1 amide bonds. The highest BCUT2D eigenvalue weighted by Gasteiger charge is 2.29. The maximum atomic E-state index is 12.7. The number of amides is 1. The molecule has 2 aromatic rings. The van der Waals surface area contributed by atoms with Gasteiger partial charge >= 0.3 is 0 Å². The number of aliphatic hydroxyl groups is 1. The number of aryl methyl sites for hydroxylation is 1. The number of para-hydroxylation sites is 1. The minimum Gasteiger partial charge on any atom is -0.480 e. The van der Waals surface area contributed by atoms with Gasteiger partial charge in [0.2, 0.25) is 0 Å². The number of aliphatic hydroxyl groups excluding tert-OH is 1. The third-order valence-corrected chi connectivity index (χ3v) is 4.66. The molecule has 4 nitrogen and oxygen atoms in total. The van der Waals surface area contributed by atoms with Crippen molar-refractivity contribution in [3.63, 3.8) is 0 Å². The summed E-state index contributed by atoms with van der Waals surface area (Å²) in [5, 5.41) is 11.2. The van der Waals surface area contributed by atoms with Crippen molar-refractivity contribution >= 4 is 17.2 Å². The van der Waals surface area contributed by atoms with Crippen molar-refractivity contribution in [2.45, 2.75) is 25.5 Å². The molecule has 1 aliphatic rings. The van der Waals surface area contributed by atoms with E-state index in [1.807, 2.05) is 41.8 Å². The summed E-state index contributed by atoms with van der Waals surface area (Å²) in [5.41, 5.74) is 1.15. The Morgan fingerprint density at radius 3 is 2.95 bits per heavy atom. The Kier molecular flexibility index (Phi) is 4.75. The topological polar surface area (TPSA) is 49.8 Å². The zero-order valence-electron chi connectivity index (χ0n) is 12.3. The van der Waals surface area contributed by atoms with Crippen LogP contribution in [0.1, 0.15) is 16.9 Å². The highest BCUT2D eigenvalue weighted by atomic mass is 32.1. The van der Waals surface area contributed by atoms with Gasteiger partial charge in [-0.1, -0.05) is 24.3 Å². The Morgan fingerprint density at radius 1 is 1.32 bits per heavy atom. The lowest BCUT2D eigenvalue weighted by atomic mass is 10.0. The van der Waals surface area contributed by atoms with E-state index in [1.54, 1.807) is 16.2 Å². The normalized spacial score (nSPS) is 16.7. The van der Waals surface area contributed by atoms with E-state index >= 15 is 0 Å². The SMILES string of the molecule is O=C(C1CCc2ccccc2O1)N(CCO)Cc1cccs1. The van der Waals surface area contributed by atoms with E-state index in [-0.39, 0.29) is 12.5 Å². The lowest BCUT2D eigenvalue weighted by molar-refractivity contribution is -0.140. The molecule has 2 heterocycles. The predicted molar refractivity (Wildman–Crippen MR) is 86.0 cm³/mol. The molecule has 0 saturated heterocycles. The first kappa shape index (κ1) is 15.1. The summed E-state index contributed by atoms with van der Waals surface area (Å²) in [4.78, 5) is 15.5. The van der Waals surface area contributed by atoms with Crippen molar-refractivity contribution in [3.05, 3.63) is 52.2 Å². The average Bonchev–Trinajstić information content (AvgIpc) is 3.06. The van der Waals surface area contributed by atoms with Crippen LogP contribution in [0, 0.1) is 0 Å². The van der Waals surface area contributed by atoms with Crippen molar-refractivity contribution in [2.24, 2.45) is 0 Å². The van der Waals surface area contributed by atoms with Gasteiger partial charge < -0.3 is 14.7 Å². The monoisotopic (exact) mass is 317 g/mol. The van der Waals surface area contributed by atoms with Crippen LogP contribution in [0.25, 0.3) is 0 Å². The van der Waals surface area contributed by atoms with Crippen LogP contribution in [-0.4, -0.2) is 35.2 Å². The van der Waals surface area contributed by atoms with Gasteiger partial charge in [-0.2, -0.15) is 0 Å². The second-order valence-electron chi connectivity index (χ2n) is 5.32. The van der Waals surface area contributed by atoms with Crippen LogP contribution in [0.2, 0.25) is 0 Å². The first-order chi connectivity index (χ1) is 10.8. The van der Waals surface area contributed by atoms with Crippen LogP contribution in [0.3, 0.4) is 0 Å². The molecule has 1 unspecified atom stereocenters. The van der Waals surface area contributed by atoms with E-state index < -0.39 is 6.10 Å². The molecule has 1 aromatic carbocycles. The summed E-state index contributed by atoms with van der Waals surface area (Å²) in [6.07, 6.45) is 1.07. The molecule has 0 bridgehead atoms. The number of benzene rings is 1. The molecule has 0 aliphatic carbocycles. The van der Waals surface area contributed by atoms with Gasteiger partial charge in [0, 0.05) is 11.4 Å². The van der Waals surface area contributed by atoms with Gasteiger partial charge in [0.15, 0.2) is 6.10 Å². The maximum Gasteiger partial charge on any atom is 0.264 e.